The second kappa shape index (κ2) is 8.05. The first-order chi connectivity index (χ1) is 9.90. The van der Waals surface area contributed by atoms with Crippen molar-refractivity contribution in [2.45, 2.75) is 20.0 Å². The zero-order chi connectivity index (χ0) is 15.8. The molecule has 0 saturated heterocycles. The van der Waals surface area contributed by atoms with Crippen molar-refractivity contribution in [1.82, 2.24) is 0 Å². The number of nitrogens with one attached hydrogen (secondary N) is 1. The van der Waals surface area contributed by atoms with Gasteiger partial charge in [0, 0.05) is 24.4 Å². The number of ether oxygens (including phenoxy) is 2. The van der Waals surface area contributed by atoms with E-state index in [1.807, 2.05) is 0 Å². The molecule has 0 aliphatic heterocycles. The van der Waals surface area contributed by atoms with Crippen LogP contribution < -0.4 is 15.8 Å². The summed E-state index contributed by atoms with van der Waals surface area (Å²) in [7, 11) is 0. The predicted octanol–water partition coefficient (Wildman–Crippen LogP) is 1.30. The average molecular weight is 297 g/mol. The van der Waals surface area contributed by atoms with Gasteiger partial charge < -0.3 is 20.5 Å². The number of hydrogen-bond donors (Lipinski definition) is 2. The van der Waals surface area contributed by atoms with Crippen LogP contribution in [-0.4, -0.2) is 36.7 Å². The van der Waals surface area contributed by atoms with E-state index in [0.29, 0.717) is 18.8 Å². The van der Waals surface area contributed by atoms with Crippen LogP contribution in [0.3, 0.4) is 0 Å². The summed E-state index contributed by atoms with van der Waals surface area (Å²) in [4.78, 5) is 20.9. The van der Waals surface area contributed by atoms with Crippen LogP contribution in [0.2, 0.25) is 0 Å². The van der Waals surface area contributed by atoms with Gasteiger partial charge in [-0.15, -0.1) is 0 Å². The lowest BCUT2D eigenvalue weighted by Crippen LogP contribution is -2.20. The van der Waals surface area contributed by atoms with Crippen LogP contribution in [0.15, 0.2) is 18.2 Å². The molecule has 0 radical (unpaired) electrons. The highest BCUT2D eigenvalue weighted by atomic mass is 16.6. The third-order valence-corrected chi connectivity index (χ3v) is 2.34. The third-order valence-electron chi connectivity index (χ3n) is 2.34. The number of nitro groups is 1. The van der Waals surface area contributed by atoms with Crippen molar-refractivity contribution >= 4 is 17.3 Å². The van der Waals surface area contributed by atoms with Gasteiger partial charge in [-0.3, -0.25) is 14.9 Å². The number of nitrogens with two attached hydrogens (primary N) is 1. The van der Waals surface area contributed by atoms with E-state index in [-0.39, 0.29) is 24.1 Å². The van der Waals surface area contributed by atoms with E-state index < -0.39 is 10.8 Å². The number of benzene rings is 1. The minimum absolute atomic E-state index is 0.0840. The zero-order valence-electron chi connectivity index (χ0n) is 12.0. The van der Waals surface area contributed by atoms with E-state index in [4.69, 9.17) is 15.2 Å². The van der Waals surface area contributed by atoms with Crippen LogP contribution in [-0.2, 0) is 9.53 Å². The van der Waals surface area contributed by atoms with E-state index in [0.717, 1.165) is 0 Å². The number of carbonyl (C=O) groups excluding carboxylic acids is 1. The minimum Gasteiger partial charge on any atom is -0.484 e. The maximum atomic E-state index is 10.9. The molecule has 0 aliphatic rings. The first-order valence-corrected chi connectivity index (χ1v) is 6.45. The van der Waals surface area contributed by atoms with Gasteiger partial charge in [0.1, 0.15) is 6.61 Å². The largest absolute Gasteiger partial charge is 0.484 e. The SMILES string of the molecule is CC(C)Oc1cc(NCCOCC(N)=O)ccc1[N+](=O)[O-]. The molecular formula is C13H19N3O5. The number of carbonyl (C=O) groups is 1. The number of amides is 1. The van der Waals surface area contributed by atoms with Crippen molar-refractivity contribution in [3.05, 3.63) is 28.3 Å². The van der Waals surface area contributed by atoms with Crippen LogP contribution in [0.25, 0.3) is 0 Å². The molecular weight excluding hydrogens is 278 g/mol. The molecule has 0 spiro atoms. The smallest absolute Gasteiger partial charge is 0.311 e. The Kier molecular flexibility index (Phi) is 6.41. The van der Waals surface area contributed by atoms with Gasteiger partial charge in [0.15, 0.2) is 5.75 Å². The fourth-order valence-electron chi connectivity index (χ4n) is 1.56. The van der Waals surface area contributed by atoms with Crippen molar-refractivity contribution in [1.29, 1.82) is 0 Å². The van der Waals surface area contributed by atoms with Crippen molar-refractivity contribution in [2.24, 2.45) is 5.73 Å². The second-order valence-electron chi connectivity index (χ2n) is 4.55. The predicted molar refractivity (Wildman–Crippen MR) is 77.4 cm³/mol. The van der Waals surface area contributed by atoms with Crippen LogP contribution in [0.1, 0.15) is 13.8 Å². The lowest BCUT2D eigenvalue weighted by molar-refractivity contribution is -0.386. The molecule has 0 aliphatic carbocycles. The monoisotopic (exact) mass is 297 g/mol. The highest BCUT2D eigenvalue weighted by molar-refractivity contribution is 5.74. The molecule has 116 valence electrons. The van der Waals surface area contributed by atoms with Crippen LogP contribution in [0.4, 0.5) is 11.4 Å². The van der Waals surface area contributed by atoms with Crippen molar-refractivity contribution in [3.63, 3.8) is 0 Å². The topological polar surface area (TPSA) is 117 Å². The Labute approximate surface area is 122 Å². The molecule has 1 rings (SSSR count). The van der Waals surface area contributed by atoms with Crippen LogP contribution in [0.5, 0.6) is 5.75 Å². The summed E-state index contributed by atoms with van der Waals surface area (Å²) >= 11 is 0. The molecule has 3 N–H and O–H groups in total. The van der Waals surface area contributed by atoms with Crippen molar-refractivity contribution in [3.8, 4) is 5.75 Å². The molecule has 0 saturated carbocycles. The fraction of sp³-hybridized carbons (Fsp3) is 0.462. The Morgan fingerprint density at radius 1 is 1.48 bits per heavy atom. The van der Waals surface area contributed by atoms with Crippen LogP contribution >= 0.6 is 0 Å². The lowest BCUT2D eigenvalue weighted by Gasteiger charge is -2.12. The molecule has 8 nitrogen and oxygen atoms in total. The summed E-state index contributed by atoms with van der Waals surface area (Å²) in [5.74, 6) is -0.323. The third kappa shape index (κ3) is 6.09. The zero-order valence-corrected chi connectivity index (χ0v) is 12.0. The first kappa shape index (κ1) is 16.7. The standard InChI is InChI=1S/C13H19N3O5/c1-9(2)21-12-7-10(3-4-11(12)16(18)19)15-5-6-20-8-13(14)17/h3-4,7,9,15H,5-6,8H2,1-2H3,(H2,14,17). The Morgan fingerprint density at radius 2 is 2.19 bits per heavy atom. The molecule has 0 fully saturated rings. The Balaban J connectivity index is 2.63. The van der Waals surface area contributed by atoms with Crippen LogP contribution in [0, 0.1) is 10.1 Å². The van der Waals surface area contributed by atoms with Gasteiger partial charge in [0.05, 0.1) is 17.6 Å². The molecule has 1 aromatic carbocycles. The summed E-state index contributed by atoms with van der Waals surface area (Å²) in [6.07, 6.45) is -0.169. The molecule has 0 unspecified atom stereocenters. The molecule has 0 heterocycles. The summed E-state index contributed by atoms with van der Waals surface area (Å²) in [6, 6.07) is 4.52. The van der Waals surface area contributed by atoms with Gasteiger partial charge in [0.25, 0.3) is 0 Å². The lowest BCUT2D eigenvalue weighted by atomic mass is 10.2. The minimum atomic E-state index is -0.530. The normalized spacial score (nSPS) is 10.4. The Bertz CT molecular complexity index is 505. The average Bonchev–Trinajstić information content (AvgIpc) is 2.37. The van der Waals surface area contributed by atoms with Gasteiger partial charge in [0.2, 0.25) is 5.91 Å². The van der Waals surface area contributed by atoms with Crippen molar-refractivity contribution in [2.75, 3.05) is 25.1 Å². The maximum Gasteiger partial charge on any atom is 0.311 e. The van der Waals surface area contributed by atoms with E-state index in [1.165, 1.54) is 6.07 Å². The summed E-state index contributed by atoms with van der Waals surface area (Å²) < 4.78 is 10.4. The highest BCUT2D eigenvalue weighted by Crippen LogP contribution is 2.30. The highest BCUT2D eigenvalue weighted by Gasteiger charge is 2.16. The Morgan fingerprint density at radius 3 is 2.76 bits per heavy atom. The quantitative estimate of drug-likeness (QED) is 0.403. The number of rotatable bonds is 9. The van der Waals surface area contributed by atoms with E-state index in [9.17, 15) is 14.9 Å². The summed E-state index contributed by atoms with van der Waals surface area (Å²) in [5, 5.41) is 13.9. The molecule has 8 heteroatoms. The Hall–Kier alpha value is -2.35. The molecule has 1 aromatic rings. The maximum absolute atomic E-state index is 10.9. The number of nitro benzene ring substituents is 1. The summed E-state index contributed by atoms with van der Waals surface area (Å²) in [5.41, 5.74) is 5.51. The van der Waals surface area contributed by atoms with E-state index in [1.54, 1.807) is 26.0 Å². The van der Waals surface area contributed by atoms with Gasteiger partial charge in [-0.25, -0.2) is 0 Å². The number of hydrogen-bond acceptors (Lipinski definition) is 6. The van der Waals surface area contributed by atoms with Gasteiger partial charge in [-0.2, -0.15) is 0 Å². The molecule has 21 heavy (non-hydrogen) atoms. The van der Waals surface area contributed by atoms with Gasteiger partial charge in [-0.05, 0) is 19.9 Å². The molecule has 0 atom stereocenters. The molecule has 0 bridgehead atoms. The first-order valence-electron chi connectivity index (χ1n) is 6.45. The molecule has 1 amide bonds. The van der Waals surface area contributed by atoms with E-state index in [2.05, 4.69) is 5.32 Å². The van der Waals surface area contributed by atoms with Gasteiger partial charge in [-0.1, -0.05) is 0 Å². The number of primary amides is 1. The van der Waals surface area contributed by atoms with Crippen molar-refractivity contribution < 1.29 is 19.2 Å². The fourth-order valence-corrected chi connectivity index (χ4v) is 1.56. The number of nitrogens with zero attached hydrogens (tertiary/aromatic N) is 1. The number of anilines is 1. The van der Waals surface area contributed by atoms with Gasteiger partial charge >= 0.3 is 5.69 Å². The second-order valence-corrected chi connectivity index (χ2v) is 4.55. The summed E-state index contributed by atoms with van der Waals surface area (Å²) in [6.45, 7) is 4.18. The molecule has 0 aromatic heterocycles. The van der Waals surface area contributed by atoms with E-state index >= 15 is 0 Å².